The number of hydrogen-bond donors (Lipinski definition) is 1. The lowest BCUT2D eigenvalue weighted by Gasteiger charge is -2.15. The van der Waals surface area contributed by atoms with Crippen LogP contribution in [0.4, 0.5) is 0 Å². The third kappa shape index (κ3) is 3.19. The minimum Gasteiger partial charge on any atom is -0.330 e. The van der Waals surface area contributed by atoms with Gasteiger partial charge in [-0.3, -0.25) is 0 Å². The summed E-state index contributed by atoms with van der Waals surface area (Å²) < 4.78 is 0. The maximum atomic E-state index is 5.60. The van der Waals surface area contributed by atoms with E-state index in [9.17, 15) is 0 Å². The highest BCUT2D eigenvalue weighted by molar-refractivity contribution is 5.19. The lowest BCUT2D eigenvalue weighted by atomic mass is 9.92. The first-order valence-corrected chi connectivity index (χ1v) is 5.13. The molecule has 0 unspecified atom stereocenters. The predicted octanol–water partition coefficient (Wildman–Crippen LogP) is 2.92. The third-order valence-corrected chi connectivity index (χ3v) is 2.42. The summed E-state index contributed by atoms with van der Waals surface area (Å²) in [4.78, 5) is 0. The second-order valence-corrected chi connectivity index (χ2v) is 3.47. The predicted molar refractivity (Wildman–Crippen MR) is 57.8 cm³/mol. The minimum absolute atomic E-state index is 0.663. The van der Waals surface area contributed by atoms with E-state index < -0.39 is 0 Å². The van der Waals surface area contributed by atoms with Gasteiger partial charge in [0, 0.05) is 0 Å². The molecule has 2 N–H and O–H groups in total. The van der Waals surface area contributed by atoms with Crippen LogP contribution in [0.3, 0.4) is 0 Å². The number of benzene rings is 1. The van der Waals surface area contributed by atoms with E-state index in [1.54, 1.807) is 0 Å². The Balaban J connectivity index is 2.64. The van der Waals surface area contributed by atoms with Crippen LogP contribution in [0.25, 0.3) is 0 Å². The van der Waals surface area contributed by atoms with E-state index in [4.69, 9.17) is 5.73 Å². The average molecular weight is 177 g/mol. The lowest BCUT2D eigenvalue weighted by molar-refractivity contribution is 0.576. The van der Waals surface area contributed by atoms with Crippen LogP contribution in [0, 0.1) is 0 Å². The van der Waals surface area contributed by atoms with Crippen LogP contribution in [-0.2, 0) is 0 Å². The van der Waals surface area contributed by atoms with Crippen molar-refractivity contribution in [1.29, 1.82) is 0 Å². The van der Waals surface area contributed by atoms with Crippen LogP contribution >= 0.6 is 0 Å². The Labute approximate surface area is 81.0 Å². The van der Waals surface area contributed by atoms with Crippen molar-refractivity contribution in [2.75, 3.05) is 6.54 Å². The molecule has 13 heavy (non-hydrogen) atoms. The molecule has 0 heterocycles. The van der Waals surface area contributed by atoms with Crippen LogP contribution < -0.4 is 5.73 Å². The second-order valence-electron chi connectivity index (χ2n) is 3.47. The topological polar surface area (TPSA) is 26.0 Å². The Bertz CT molecular complexity index is 212. The summed E-state index contributed by atoms with van der Waals surface area (Å²) in [5.74, 6) is 0.663. The fourth-order valence-corrected chi connectivity index (χ4v) is 1.75. The normalized spacial score (nSPS) is 12.8. The van der Waals surface area contributed by atoms with Crippen molar-refractivity contribution in [2.45, 2.75) is 32.1 Å². The van der Waals surface area contributed by atoms with Crippen molar-refractivity contribution in [2.24, 2.45) is 5.73 Å². The molecule has 72 valence electrons. The van der Waals surface area contributed by atoms with Gasteiger partial charge in [0.2, 0.25) is 0 Å². The molecule has 0 saturated heterocycles. The highest BCUT2D eigenvalue weighted by Gasteiger charge is 2.08. The Morgan fingerprint density at radius 3 is 2.38 bits per heavy atom. The van der Waals surface area contributed by atoms with E-state index in [0.29, 0.717) is 5.92 Å². The SMILES string of the molecule is CCC[C@H](CCN)c1ccccc1. The molecular formula is C12H19N. The maximum Gasteiger partial charge on any atom is -0.00714 e. The van der Waals surface area contributed by atoms with Gasteiger partial charge in [-0.1, -0.05) is 43.7 Å². The fraction of sp³-hybridized carbons (Fsp3) is 0.500. The van der Waals surface area contributed by atoms with Gasteiger partial charge in [-0.2, -0.15) is 0 Å². The van der Waals surface area contributed by atoms with E-state index in [0.717, 1.165) is 13.0 Å². The Morgan fingerprint density at radius 1 is 1.15 bits per heavy atom. The fourth-order valence-electron chi connectivity index (χ4n) is 1.75. The highest BCUT2D eigenvalue weighted by Crippen LogP contribution is 2.23. The van der Waals surface area contributed by atoms with Crippen LogP contribution in [-0.4, -0.2) is 6.54 Å². The molecule has 0 spiro atoms. The Morgan fingerprint density at radius 2 is 1.85 bits per heavy atom. The molecule has 0 saturated carbocycles. The maximum absolute atomic E-state index is 5.60. The zero-order chi connectivity index (χ0) is 9.52. The second kappa shape index (κ2) is 5.76. The summed E-state index contributed by atoms with van der Waals surface area (Å²) in [6.07, 6.45) is 3.60. The van der Waals surface area contributed by atoms with E-state index >= 15 is 0 Å². The molecule has 0 aliphatic carbocycles. The zero-order valence-electron chi connectivity index (χ0n) is 8.37. The molecule has 0 amide bonds. The third-order valence-electron chi connectivity index (χ3n) is 2.42. The number of nitrogens with two attached hydrogens (primary N) is 1. The smallest absolute Gasteiger partial charge is 0.00714 e. The molecule has 1 atom stereocenters. The number of rotatable bonds is 5. The highest BCUT2D eigenvalue weighted by atomic mass is 14.5. The first-order chi connectivity index (χ1) is 6.38. The molecule has 0 radical (unpaired) electrons. The van der Waals surface area contributed by atoms with Crippen molar-refractivity contribution in [3.63, 3.8) is 0 Å². The first-order valence-electron chi connectivity index (χ1n) is 5.13. The molecular weight excluding hydrogens is 158 g/mol. The zero-order valence-corrected chi connectivity index (χ0v) is 8.37. The summed E-state index contributed by atoms with van der Waals surface area (Å²) in [5, 5.41) is 0. The summed E-state index contributed by atoms with van der Waals surface area (Å²) in [7, 11) is 0. The van der Waals surface area contributed by atoms with Gasteiger partial charge in [0.05, 0.1) is 0 Å². The van der Waals surface area contributed by atoms with Crippen molar-refractivity contribution in [1.82, 2.24) is 0 Å². The monoisotopic (exact) mass is 177 g/mol. The van der Waals surface area contributed by atoms with Gasteiger partial charge in [-0.05, 0) is 30.9 Å². The molecule has 1 rings (SSSR count). The Hall–Kier alpha value is -0.820. The first kappa shape index (κ1) is 10.3. The van der Waals surface area contributed by atoms with Gasteiger partial charge >= 0.3 is 0 Å². The molecule has 1 heteroatoms. The van der Waals surface area contributed by atoms with Gasteiger partial charge in [0.25, 0.3) is 0 Å². The standard InChI is InChI=1S/C12H19N/c1-2-6-11(9-10-13)12-7-4-3-5-8-12/h3-5,7-8,11H,2,6,9-10,13H2,1H3/t11-/m1/s1. The summed E-state index contributed by atoms with van der Waals surface area (Å²) in [6.45, 7) is 3.02. The molecule has 0 aromatic heterocycles. The van der Waals surface area contributed by atoms with Crippen LogP contribution in [0.15, 0.2) is 30.3 Å². The molecule has 0 bridgehead atoms. The summed E-state index contributed by atoms with van der Waals surface area (Å²) in [5.41, 5.74) is 7.04. The molecule has 1 aromatic rings. The van der Waals surface area contributed by atoms with Crippen LogP contribution in [0.1, 0.15) is 37.7 Å². The van der Waals surface area contributed by atoms with Crippen molar-refractivity contribution in [3.8, 4) is 0 Å². The number of hydrogen-bond acceptors (Lipinski definition) is 1. The van der Waals surface area contributed by atoms with Gasteiger partial charge in [-0.25, -0.2) is 0 Å². The van der Waals surface area contributed by atoms with Crippen LogP contribution in [0.2, 0.25) is 0 Å². The molecule has 0 aliphatic heterocycles. The average Bonchev–Trinajstić information content (AvgIpc) is 2.19. The minimum atomic E-state index is 0.663. The molecule has 1 aromatic carbocycles. The van der Waals surface area contributed by atoms with E-state index in [1.807, 2.05) is 0 Å². The van der Waals surface area contributed by atoms with Gasteiger partial charge in [0.15, 0.2) is 0 Å². The van der Waals surface area contributed by atoms with Gasteiger partial charge in [0.1, 0.15) is 0 Å². The Kier molecular flexibility index (Phi) is 4.55. The quantitative estimate of drug-likeness (QED) is 0.735. The summed E-state index contributed by atoms with van der Waals surface area (Å²) >= 11 is 0. The van der Waals surface area contributed by atoms with Gasteiger partial charge < -0.3 is 5.73 Å². The summed E-state index contributed by atoms with van der Waals surface area (Å²) in [6, 6.07) is 10.7. The van der Waals surface area contributed by atoms with E-state index in [-0.39, 0.29) is 0 Å². The van der Waals surface area contributed by atoms with Crippen molar-refractivity contribution < 1.29 is 0 Å². The van der Waals surface area contributed by atoms with E-state index in [1.165, 1.54) is 18.4 Å². The van der Waals surface area contributed by atoms with Crippen LogP contribution in [0.5, 0.6) is 0 Å². The largest absolute Gasteiger partial charge is 0.330 e. The van der Waals surface area contributed by atoms with E-state index in [2.05, 4.69) is 37.3 Å². The molecule has 0 aliphatic rings. The molecule has 0 fully saturated rings. The lowest BCUT2D eigenvalue weighted by Crippen LogP contribution is -2.07. The van der Waals surface area contributed by atoms with Crippen molar-refractivity contribution >= 4 is 0 Å². The van der Waals surface area contributed by atoms with Crippen molar-refractivity contribution in [3.05, 3.63) is 35.9 Å². The molecule has 1 nitrogen and oxygen atoms in total. The van der Waals surface area contributed by atoms with Gasteiger partial charge in [-0.15, -0.1) is 0 Å².